The lowest BCUT2D eigenvalue weighted by molar-refractivity contribution is -0.125. The SMILES string of the molecule is C=C(/C=C\C(C#N)=C/C)[C@]1(c2ccc(C#N)cc2)[C@@H]2C(=O)N(c3cc(Cl)cc(Cl)c3)C(=O)[C@@]21C. The number of carbonyl (C=O) groups excluding carboxylic acids is 2. The summed E-state index contributed by atoms with van der Waals surface area (Å²) in [4.78, 5) is 28.6. The summed E-state index contributed by atoms with van der Waals surface area (Å²) in [5.41, 5.74) is 0.319. The Labute approximate surface area is 207 Å². The molecule has 1 aliphatic heterocycles. The van der Waals surface area contributed by atoms with Gasteiger partial charge in [0.05, 0.1) is 34.7 Å². The second-order valence-corrected chi connectivity index (χ2v) is 9.33. The number of halogens is 2. The monoisotopic (exact) mass is 487 g/mol. The molecule has 1 saturated heterocycles. The smallest absolute Gasteiger partial charge is 0.241 e. The van der Waals surface area contributed by atoms with Gasteiger partial charge in [0.1, 0.15) is 0 Å². The fourth-order valence-electron chi connectivity index (χ4n) is 5.22. The summed E-state index contributed by atoms with van der Waals surface area (Å²) >= 11 is 12.2. The Kier molecular flexibility index (Phi) is 5.74. The molecule has 2 fully saturated rings. The molecule has 34 heavy (non-hydrogen) atoms. The summed E-state index contributed by atoms with van der Waals surface area (Å²) in [5.74, 6) is -1.48. The highest BCUT2D eigenvalue weighted by atomic mass is 35.5. The van der Waals surface area contributed by atoms with Gasteiger partial charge >= 0.3 is 0 Å². The van der Waals surface area contributed by atoms with Gasteiger partial charge in [-0.05, 0) is 61.4 Å². The minimum absolute atomic E-state index is 0.315. The van der Waals surface area contributed by atoms with Crippen LogP contribution in [0.5, 0.6) is 0 Å². The average Bonchev–Trinajstić information content (AvgIpc) is 3.33. The van der Waals surface area contributed by atoms with E-state index in [1.54, 1.807) is 56.3 Å². The fourth-order valence-corrected chi connectivity index (χ4v) is 5.73. The van der Waals surface area contributed by atoms with Gasteiger partial charge in [0.15, 0.2) is 0 Å². The molecule has 2 aromatic carbocycles. The van der Waals surface area contributed by atoms with E-state index in [1.807, 2.05) is 0 Å². The van der Waals surface area contributed by atoms with Crippen LogP contribution in [0.3, 0.4) is 0 Å². The number of amides is 2. The Bertz CT molecular complexity index is 1370. The molecule has 0 bridgehead atoms. The van der Waals surface area contributed by atoms with E-state index >= 15 is 0 Å². The molecule has 4 rings (SSSR count). The molecule has 0 spiro atoms. The van der Waals surface area contributed by atoms with E-state index in [0.29, 0.717) is 38.0 Å². The summed E-state index contributed by atoms with van der Waals surface area (Å²) in [5, 5.41) is 19.1. The van der Waals surface area contributed by atoms with Gasteiger partial charge in [0.25, 0.3) is 0 Å². The van der Waals surface area contributed by atoms with Crippen LogP contribution in [0, 0.1) is 34.0 Å². The second-order valence-electron chi connectivity index (χ2n) is 8.45. The van der Waals surface area contributed by atoms with Gasteiger partial charge in [0.2, 0.25) is 11.8 Å². The third-order valence-corrected chi connectivity index (χ3v) is 7.28. The van der Waals surface area contributed by atoms with Crippen LogP contribution in [0.2, 0.25) is 10.0 Å². The molecule has 0 unspecified atom stereocenters. The van der Waals surface area contributed by atoms with E-state index in [0.717, 1.165) is 4.90 Å². The minimum Gasteiger partial charge on any atom is -0.274 e. The first-order valence-electron chi connectivity index (χ1n) is 10.5. The van der Waals surface area contributed by atoms with Crippen LogP contribution in [0.1, 0.15) is 25.0 Å². The maximum atomic E-state index is 13.8. The van der Waals surface area contributed by atoms with Gasteiger partial charge in [0, 0.05) is 21.0 Å². The van der Waals surface area contributed by atoms with Crippen LogP contribution in [-0.4, -0.2) is 11.8 Å². The van der Waals surface area contributed by atoms with Crippen molar-refractivity contribution >= 4 is 40.7 Å². The number of rotatable bonds is 5. The van der Waals surface area contributed by atoms with E-state index in [4.69, 9.17) is 23.2 Å². The van der Waals surface area contributed by atoms with Crippen molar-refractivity contribution in [3.63, 3.8) is 0 Å². The Balaban J connectivity index is 1.84. The Morgan fingerprint density at radius 3 is 2.18 bits per heavy atom. The number of carbonyl (C=O) groups is 2. The normalized spacial score (nSPS) is 25.8. The molecule has 168 valence electrons. The molecule has 0 N–H and O–H groups in total. The van der Waals surface area contributed by atoms with Crippen molar-refractivity contribution in [2.24, 2.45) is 11.3 Å². The number of imide groups is 1. The van der Waals surface area contributed by atoms with Crippen molar-refractivity contribution in [2.75, 3.05) is 4.90 Å². The largest absolute Gasteiger partial charge is 0.274 e. The van der Waals surface area contributed by atoms with Crippen LogP contribution in [0.4, 0.5) is 5.69 Å². The molecule has 2 aromatic rings. The van der Waals surface area contributed by atoms with E-state index in [2.05, 4.69) is 18.7 Å². The summed E-state index contributed by atoms with van der Waals surface area (Å²) in [6.45, 7) is 7.72. The maximum absolute atomic E-state index is 13.8. The van der Waals surface area contributed by atoms with Crippen molar-refractivity contribution in [3.05, 3.63) is 99.6 Å². The second kappa shape index (κ2) is 8.29. The quantitative estimate of drug-likeness (QED) is 0.298. The van der Waals surface area contributed by atoms with Crippen molar-refractivity contribution in [3.8, 4) is 12.1 Å². The van der Waals surface area contributed by atoms with Crippen LogP contribution in [0.25, 0.3) is 0 Å². The zero-order valence-electron chi connectivity index (χ0n) is 18.5. The molecule has 0 aromatic heterocycles. The molecule has 2 amide bonds. The predicted octanol–water partition coefficient (Wildman–Crippen LogP) is 5.89. The lowest BCUT2D eigenvalue weighted by Gasteiger charge is -2.30. The minimum atomic E-state index is -1.11. The molecule has 3 atom stereocenters. The highest BCUT2D eigenvalue weighted by Gasteiger charge is 2.86. The van der Waals surface area contributed by atoms with Crippen molar-refractivity contribution in [1.82, 2.24) is 0 Å². The molecule has 1 saturated carbocycles. The lowest BCUT2D eigenvalue weighted by Crippen LogP contribution is -2.42. The van der Waals surface area contributed by atoms with Crippen molar-refractivity contribution in [2.45, 2.75) is 19.3 Å². The van der Waals surface area contributed by atoms with Gasteiger partial charge in [-0.25, -0.2) is 4.90 Å². The van der Waals surface area contributed by atoms with Gasteiger partial charge in [-0.1, -0.05) is 54.1 Å². The highest BCUT2D eigenvalue weighted by Crippen LogP contribution is 2.77. The first-order chi connectivity index (χ1) is 16.2. The standard InChI is InChI=1S/C27H19Cl2N3O2/c1-4-17(14-30)6-5-16(2)27(19-9-7-18(15-31)8-10-19)23-24(33)32(25(34)26(23,27)3)22-12-20(28)11-21(29)13-22/h4-13,23H,2H2,1,3H3/b6-5-,17-4+/t23-,26-,27+/m1/s1. The van der Waals surface area contributed by atoms with Crippen LogP contribution >= 0.6 is 23.2 Å². The summed E-state index contributed by atoms with van der Waals surface area (Å²) in [7, 11) is 0. The van der Waals surface area contributed by atoms with E-state index < -0.39 is 16.7 Å². The third kappa shape index (κ3) is 3.13. The maximum Gasteiger partial charge on any atom is 0.241 e. The first kappa shape index (κ1) is 23.5. The molecular formula is C27H19Cl2N3O2. The first-order valence-corrected chi connectivity index (χ1v) is 11.2. The van der Waals surface area contributed by atoms with Crippen LogP contribution in [0.15, 0.2) is 78.4 Å². The predicted molar refractivity (Wildman–Crippen MR) is 131 cm³/mol. The molecular weight excluding hydrogens is 469 g/mol. The number of allylic oxidation sites excluding steroid dienone is 5. The topological polar surface area (TPSA) is 85.0 Å². The zero-order chi connectivity index (χ0) is 24.8. The van der Waals surface area contributed by atoms with E-state index in [9.17, 15) is 20.1 Å². The molecule has 7 heteroatoms. The molecule has 1 aliphatic carbocycles. The number of nitriles is 2. The summed E-state index contributed by atoms with van der Waals surface area (Å²) < 4.78 is 0. The lowest BCUT2D eigenvalue weighted by atomic mass is 9.78. The van der Waals surface area contributed by atoms with Crippen LogP contribution < -0.4 is 4.90 Å². The van der Waals surface area contributed by atoms with Crippen molar-refractivity contribution in [1.29, 1.82) is 10.5 Å². The van der Waals surface area contributed by atoms with Crippen LogP contribution in [-0.2, 0) is 15.0 Å². The Hall–Kier alpha value is -3.64. The number of piperidine rings is 1. The Morgan fingerprint density at radius 2 is 1.71 bits per heavy atom. The number of fused-ring (bicyclic) bond motifs is 1. The Morgan fingerprint density at radius 1 is 1.09 bits per heavy atom. The molecule has 5 nitrogen and oxygen atoms in total. The van der Waals surface area contributed by atoms with Gasteiger partial charge < -0.3 is 0 Å². The number of anilines is 1. The van der Waals surface area contributed by atoms with E-state index in [-0.39, 0.29) is 11.8 Å². The zero-order valence-corrected chi connectivity index (χ0v) is 20.0. The number of benzene rings is 2. The molecule has 1 heterocycles. The van der Waals surface area contributed by atoms with Gasteiger partial charge in [-0.3, -0.25) is 9.59 Å². The number of hydrogen-bond acceptors (Lipinski definition) is 4. The average molecular weight is 488 g/mol. The highest BCUT2D eigenvalue weighted by molar-refractivity contribution is 6.36. The van der Waals surface area contributed by atoms with Crippen molar-refractivity contribution < 1.29 is 9.59 Å². The van der Waals surface area contributed by atoms with E-state index in [1.165, 1.54) is 18.2 Å². The number of nitrogens with zero attached hydrogens (tertiary/aromatic N) is 3. The molecule has 0 radical (unpaired) electrons. The third-order valence-electron chi connectivity index (χ3n) is 6.85. The fraction of sp³-hybridized carbons (Fsp3) is 0.185. The van der Waals surface area contributed by atoms with Gasteiger partial charge in [-0.15, -0.1) is 0 Å². The number of hydrogen-bond donors (Lipinski definition) is 0. The summed E-state index contributed by atoms with van der Waals surface area (Å²) in [6, 6.07) is 15.6. The summed E-state index contributed by atoms with van der Waals surface area (Å²) in [6.07, 6.45) is 4.96. The molecule has 2 aliphatic rings. The van der Waals surface area contributed by atoms with Gasteiger partial charge in [-0.2, -0.15) is 10.5 Å².